The van der Waals surface area contributed by atoms with Crippen LogP contribution in [0.5, 0.6) is 11.5 Å². The molecule has 5 nitrogen and oxygen atoms in total. The van der Waals surface area contributed by atoms with Crippen LogP contribution < -0.4 is 14.8 Å². The third-order valence-electron chi connectivity index (χ3n) is 2.65. The second kappa shape index (κ2) is 7.85. The molecule has 0 saturated carbocycles. The Kier molecular flexibility index (Phi) is 6.45. The van der Waals surface area contributed by atoms with Gasteiger partial charge in [0.2, 0.25) is 0 Å². The number of benzene rings is 1. The summed E-state index contributed by atoms with van der Waals surface area (Å²) in [5.74, 6) is 0.889. The van der Waals surface area contributed by atoms with Gasteiger partial charge in [0, 0.05) is 12.1 Å². The molecule has 1 aromatic rings. The van der Waals surface area contributed by atoms with E-state index in [1.807, 2.05) is 6.92 Å². The highest BCUT2D eigenvalue weighted by Gasteiger charge is 2.14. The van der Waals surface area contributed by atoms with Crippen molar-refractivity contribution in [1.82, 2.24) is 0 Å². The Morgan fingerprint density at radius 2 is 1.95 bits per heavy atom. The summed E-state index contributed by atoms with van der Waals surface area (Å²) in [6, 6.07) is 3.30. The highest BCUT2D eigenvalue weighted by Crippen LogP contribution is 2.36. The topological polar surface area (TPSA) is 56.8 Å². The van der Waals surface area contributed by atoms with E-state index in [0.29, 0.717) is 28.8 Å². The van der Waals surface area contributed by atoms with Crippen molar-refractivity contribution in [3.05, 3.63) is 17.2 Å². The minimum absolute atomic E-state index is 0.104. The molecule has 20 heavy (non-hydrogen) atoms. The van der Waals surface area contributed by atoms with Crippen molar-refractivity contribution in [3.63, 3.8) is 0 Å². The van der Waals surface area contributed by atoms with Gasteiger partial charge in [-0.2, -0.15) is 0 Å². The predicted molar refractivity (Wildman–Crippen MR) is 78.9 cm³/mol. The molecule has 0 saturated heterocycles. The monoisotopic (exact) mass is 301 g/mol. The van der Waals surface area contributed by atoms with E-state index in [1.165, 1.54) is 7.11 Å². The lowest BCUT2D eigenvalue weighted by molar-refractivity contribution is -0.143. The molecule has 0 bridgehead atoms. The van der Waals surface area contributed by atoms with Gasteiger partial charge in [0.15, 0.2) is 0 Å². The predicted octanol–water partition coefficient (Wildman–Crippen LogP) is 3.11. The Morgan fingerprint density at radius 3 is 2.50 bits per heavy atom. The lowest BCUT2D eigenvalue weighted by atomic mass is 10.2. The van der Waals surface area contributed by atoms with Gasteiger partial charge in [-0.3, -0.25) is 4.79 Å². The molecule has 0 aromatic heterocycles. The van der Waals surface area contributed by atoms with Gasteiger partial charge in [0.25, 0.3) is 0 Å². The van der Waals surface area contributed by atoms with Gasteiger partial charge in [-0.1, -0.05) is 11.6 Å². The van der Waals surface area contributed by atoms with Crippen LogP contribution in [0.4, 0.5) is 5.69 Å². The summed E-state index contributed by atoms with van der Waals surface area (Å²) in [6.45, 7) is 4.04. The smallest absolute Gasteiger partial charge is 0.307 e. The number of hydrogen-bond donors (Lipinski definition) is 1. The first kappa shape index (κ1) is 16.4. The molecule has 0 fully saturated rings. The van der Waals surface area contributed by atoms with Crippen LogP contribution in [0.15, 0.2) is 12.1 Å². The van der Waals surface area contributed by atoms with Crippen LogP contribution >= 0.6 is 11.6 Å². The van der Waals surface area contributed by atoms with Crippen molar-refractivity contribution in [3.8, 4) is 11.5 Å². The summed E-state index contributed by atoms with van der Waals surface area (Å²) in [5.41, 5.74) is 0.704. The van der Waals surface area contributed by atoms with Crippen molar-refractivity contribution >= 4 is 23.3 Å². The highest BCUT2D eigenvalue weighted by atomic mass is 35.5. The third-order valence-corrected chi connectivity index (χ3v) is 2.95. The molecular weight excluding hydrogens is 282 g/mol. The van der Waals surface area contributed by atoms with E-state index < -0.39 is 0 Å². The molecule has 0 aliphatic heterocycles. The number of esters is 1. The number of methoxy groups -OCH3 is 2. The third kappa shape index (κ3) is 4.49. The number of ether oxygens (including phenoxy) is 3. The fraction of sp³-hybridized carbons (Fsp3) is 0.500. The van der Waals surface area contributed by atoms with Gasteiger partial charge < -0.3 is 19.5 Å². The van der Waals surface area contributed by atoms with Crippen molar-refractivity contribution in [1.29, 1.82) is 0 Å². The summed E-state index contributed by atoms with van der Waals surface area (Å²) < 4.78 is 15.3. The SMILES string of the molecule is CCOC(=O)CC(C)Nc1cc(Cl)c(OC)cc1OC. The zero-order valence-electron chi connectivity index (χ0n) is 12.2. The Labute approximate surface area is 124 Å². The second-order valence-electron chi connectivity index (χ2n) is 4.24. The van der Waals surface area contributed by atoms with Gasteiger partial charge in [0.05, 0.1) is 38.0 Å². The maximum atomic E-state index is 11.4. The number of carbonyl (C=O) groups is 1. The second-order valence-corrected chi connectivity index (χ2v) is 4.65. The van der Waals surface area contributed by atoms with Crippen LogP contribution in [-0.4, -0.2) is 32.8 Å². The molecule has 1 aromatic carbocycles. The van der Waals surface area contributed by atoms with Gasteiger partial charge in [0.1, 0.15) is 11.5 Å². The first-order chi connectivity index (χ1) is 9.51. The lowest BCUT2D eigenvalue weighted by Gasteiger charge is -2.18. The van der Waals surface area contributed by atoms with E-state index in [1.54, 1.807) is 26.2 Å². The molecule has 6 heteroatoms. The average molecular weight is 302 g/mol. The Morgan fingerprint density at radius 1 is 1.30 bits per heavy atom. The number of carbonyl (C=O) groups excluding carboxylic acids is 1. The van der Waals surface area contributed by atoms with Gasteiger partial charge in [-0.05, 0) is 19.9 Å². The van der Waals surface area contributed by atoms with Crippen molar-refractivity contribution in [2.24, 2.45) is 0 Å². The fourth-order valence-corrected chi connectivity index (χ4v) is 2.00. The molecule has 0 amide bonds. The molecule has 112 valence electrons. The maximum absolute atomic E-state index is 11.4. The minimum Gasteiger partial charge on any atom is -0.495 e. The number of nitrogens with one attached hydrogen (secondary N) is 1. The normalized spacial score (nSPS) is 11.7. The van der Waals surface area contributed by atoms with Crippen molar-refractivity contribution < 1.29 is 19.0 Å². The van der Waals surface area contributed by atoms with Crippen LogP contribution in [0.25, 0.3) is 0 Å². The van der Waals surface area contributed by atoms with Crippen LogP contribution in [0.2, 0.25) is 5.02 Å². The molecule has 0 radical (unpaired) electrons. The number of anilines is 1. The molecular formula is C14H20ClNO4. The Balaban J connectivity index is 2.80. The Bertz CT molecular complexity index is 465. The maximum Gasteiger partial charge on any atom is 0.307 e. The Hall–Kier alpha value is -1.62. The average Bonchev–Trinajstić information content (AvgIpc) is 2.39. The van der Waals surface area contributed by atoms with E-state index in [0.717, 1.165) is 0 Å². The van der Waals surface area contributed by atoms with Crippen molar-refractivity contribution in [2.75, 3.05) is 26.1 Å². The summed E-state index contributed by atoms with van der Waals surface area (Å²) >= 11 is 6.09. The molecule has 1 atom stereocenters. The molecule has 0 spiro atoms. The number of rotatable bonds is 7. The van der Waals surface area contributed by atoms with Crippen LogP contribution in [0, 0.1) is 0 Å². The van der Waals surface area contributed by atoms with Crippen molar-refractivity contribution in [2.45, 2.75) is 26.3 Å². The van der Waals surface area contributed by atoms with Crippen LogP contribution in [-0.2, 0) is 9.53 Å². The summed E-state index contributed by atoms with van der Waals surface area (Å²) in [7, 11) is 3.10. The molecule has 1 rings (SSSR count). The lowest BCUT2D eigenvalue weighted by Crippen LogP contribution is -2.21. The van der Waals surface area contributed by atoms with E-state index in [9.17, 15) is 4.79 Å². The zero-order chi connectivity index (χ0) is 15.1. The first-order valence-electron chi connectivity index (χ1n) is 6.35. The molecule has 0 aliphatic carbocycles. The summed E-state index contributed by atoms with van der Waals surface area (Å²) in [6.07, 6.45) is 0.265. The molecule has 1 N–H and O–H groups in total. The summed E-state index contributed by atoms with van der Waals surface area (Å²) in [5, 5.41) is 3.65. The molecule has 1 unspecified atom stereocenters. The largest absolute Gasteiger partial charge is 0.495 e. The zero-order valence-corrected chi connectivity index (χ0v) is 12.9. The minimum atomic E-state index is -0.244. The fourth-order valence-electron chi connectivity index (χ4n) is 1.76. The summed E-state index contributed by atoms with van der Waals surface area (Å²) in [4.78, 5) is 11.4. The number of hydrogen-bond acceptors (Lipinski definition) is 5. The van der Waals surface area contributed by atoms with E-state index >= 15 is 0 Å². The van der Waals surface area contributed by atoms with E-state index in [-0.39, 0.29) is 18.4 Å². The van der Waals surface area contributed by atoms with E-state index in [2.05, 4.69) is 5.32 Å². The molecule has 0 heterocycles. The molecule has 0 aliphatic rings. The quantitative estimate of drug-likeness (QED) is 0.784. The standard InChI is InChI=1S/C14H20ClNO4/c1-5-20-14(17)6-9(2)16-11-7-10(15)12(18-3)8-13(11)19-4/h7-9,16H,5-6H2,1-4H3. The highest BCUT2D eigenvalue weighted by molar-refractivity contribution is 6.32. The first-order valence-corrected chi connectivity index (χ1v) is 6.73. The van der Waals surface area contributed by atoms with Gasteiger partial charge in [-0.25, -0.2) is 0 Å². The van der Waals surface area contributed by atoms with Crippen LogP contribution in [0.1, 0.15) is 20.3 Å². The number of halogens is 1. The van der Waals surface area contributed by atoms with Gasteiger partial charge >= 0.3 is 5.97 Å². The van der Waals surface area contributed by atoms with Crippen LogP contribution in [0.3, 0.4) is 0 Å². The van der Waals surface area contributed by atoms with E-state index in [4.69, 9.17) is 25.8 Å². The van der Waals surface area contributed by atoms with Gasteiger partial charge in [-0.15, -0.1) is 0 Å².